The van der Waals surface area contributed by atoms with Gasteiger partial charge in [-0.25, -0.2) is 0 Å². The molecule has 94 valence electrons. The van der Waals surface area contributed by atoms with Gasteiger partial charge in [0.1, 0.15) is 0 Å². The number of amides is 1. The van der Waals surface area contributed by atoms with Crippen LogP contribution in [-0.2, 0) is 0 Å². The number of benzene rings is 1. The molecule has 2 rings (SSSR count). The van der Waals surface area contributed by atoms with Crippen molar-refractivity contribution in [2.45, 2.75) is 19.9 Å². The molecule has 0 saturated heterocycles. The SMILES string of the molecule is CC(C)N(C(=N)N)C(=O)c1c[nH]c2ccccc12. The smallest absolute Gasteiger partial charge is 0.262 e. The third-order valence-corrected chi connectivity index (χ3v) is 2.81. The number of carbonyl (C=O) groups excluding carboxylic acids is 1. The Morgan fingerprint density at radius 1 is 1.39 bits per heavy atom. The lowest BCUT2D eigenvalue weighted by molar-refractivity contribution is 0.0817. The number of guanidine groups is 1. The maximum atomic E-state index is 12.4. The van der Waals surface area contributed by atoms with Crippen LogP contribution in [-0.4, -0.2) is 27.8 Å². The topological polar surface area (TPSA) is 86.0 Å². The fourth-order valence-electron chi connectivity index (χ4n) is 2.00. The van der Waals surface area contributed by atoms with Crippen LogP contribution in [0.2, 0.25) is 0 Å². The summed E-state index contributed by atoms with van der Waals surface area (Å²) in [6, 6.07) is 7.40. The van der Waals surface area contributed by atoms with Crippen molar-refractivity contribution >= 4 is 22.8 Å². The van der Waals surface area contributed by atoms with Gasteiger partial charge in [0.2, 0.25) is 0 Å². The molecule has 1 heterocycles. The van der Waals surface area contributed by atoms with Gasteiger partial charge in [-0.15, -0.1) is 0 Å². The highest BCUT2D eigenvalue weighted by molar-refractivity contribution is 6.12. The molecule has 0 aliphatic rings. The molecule has 0 saturated carbocycles. The van der Waals surface area contributed by atoms with Crippen molar-refractivity contribution in [2.75, 3.05) is 0 Å². The standard InChI is InChI=1S/C13H16N4O/c1-8(2)17(13(14)15)12(18)10-7-16-11-6-4-3-5-9(10)11/h3-8,16H,1-2H3,(H3,14,15). The molecule has 5 nitrogen and oxygen atoms in total. The number of aromatic amines is 1. The molecule has 0 spiro atoms. The molecule has 4 N–H and O–H groups in total. The van der Waals surface area contributed by atoms with Crippen molar-refractivity contribution in [3.8, 4) is 0 Å². The first-order valence-electron chi connectivity index (χ1n) is 5.76. The van der Waals surface area contributed by atoms with Gasteiger partial charge in [-0.3, -0.25) is 15.1 Å². The first-order chi connectivity index (χ1) is 8.52. The molecular weight excluding hydrogens is 228 g/mol. The molecule has 2 aromatic rings. The van der Waals surface area contributed by atoms with E-state index in [1.165, 1.54) is 4.90 Å². The van der Waals surface area contributed by atoms with Crippen molar-refractivity contribution in [1.82, 2.24) is 9.88 Å². The van der Waals surface area contributed by atoms with Gasteiger partial charge in [0.15, 0.2) is 5.96 Å². The number of fused-ring (bicyclic) bond motifs is 1. The predicted molar refractivity (Wildman–Crippen MR) is 71.5 cm³/mol. The fraction of sp³-hybridized carbons (Fsp3) is 0.231. The monoisotopic (exact) mass is 244 g/mol. The highest BCUT2D eigenvalue weighted by Gasteiger charge is 2.23. The van der Waals surface area contributed by atoms with Gasteiger partial charge in [0.25, 0.3) is 5.91 Å². The van der Waals surface area contributed by atoms with Gasteiger partial charge in [-0.2, -0.15) is 0 Å². The van der Waals surface area contributed by atoms with Crippen LogP contribution in [0.4, 0.5) is 0 Å². The van der Waals surface area contributed by atoms with Crippen LogP contribution in [0.1, 0.15) is 24.2 Å². The van der Waals surface area contributed by atoms with E-state index >= 15 is 0 Å². The number of nitrogens with two attached hydrogens (primary N) is 1. The summed E-state index contributed by atoms with van der Waals surface area (Å²) in [5.74, 6) is -0.491. The molecule has 1 aromatic heterocycles. The molecule has 0 aliphatic carbocycles. The summed E-state index contributed by atoms with van der Waals surface area (Å²) in [7, 11) is 0. The molecule has 0 bridgehead atoms. The van der Waals surface area contributed by atoms with Gasteiger partial charge in [-0.1, -0.05) is 18.2 Å². The lowest BCUT2D eigenvalue weighted by atomic mass is 10.1. The van der Waals surface area contributed by atoms with Gasteiger partial charge >= 0.3 is 0 Å². The Kier molecular flexibility index (Phi) is 3.06. The van der Waals surface area contributed by atoms with Gasteiger partial charge in [0, 0.05) is 23.1 Å². The largest absolute Gasteiger partial charge is 0.370 e. The van der Waals surface area contributed by atoms with Gasteiger partial charge < -0.3 is 10.7 Å². The Hall–Kier alpha value is -2.30. The van der Waals surface area contributed by atoms with Crippen molar-refractivity contribution in [1.29, 1.82) is 5.41 Å². The molecule has 0 fully saturated rings. The molecule has 1 amide bonds. The number of H-pyrrole nitrogens is 1. The minimum atomic E-state index is -0.255. The molecule has 1 aromatic carbocycles. The minimum Gasteiger partial charge on any atom is -0.370 e. The van der Waals surface area contributed by atoms with Crippen molar-refractivity contribution in [2.24, 2.45) is 5.73 Å². The lowest BCUT2D eigenvalue weighted by Gasteiger charge is -2.24. The van der Waals surface area contributed by atoms with Crippen LogP contribution < -0.4 is 5.73 Å². The van der Waals surface area contributed by atoms with Crippen LogP contribution in [0, 0.1) is 5.41 Å². The highest BCUT2D eigenvalue weighted by atomic mass is 16.2. The van der Waals surface area contributed by atoms with E-state index in [0.717, 1.165) is 10.9 Å². The minimum absolute atomic E-state index is 0.149. The average Bonchev–Trinajstić information content (AvgIpc) is 2.71. The third kappa shape index (κ3) is 1.95. The summed E-state index contributed by atoms with van der Waals surface area (Å²) in [5.41, 5.74) is 6.90. The maximum Gasteiger partial charge on any atom is 0.262 e. The van der Waals surface area contributed by atoms with E-state index in [0.29, 0.717) is 5.56 Å². The Morgan fingerprint density at radius 3 is 2.67 bits per heavy atom. The van der Waals surface area contributed by atoms with E-state index in [2.05, 4.69) is 4.98 Å². The van der Waals surface area contributed by atoms with Crippen LogP contribution in [0.15, 0.2) is 30.5 Å². The Balaban J connectivity index is 2.48. The number of aromatic nitrogens is 1. The molecule has 0 unspecified atom stereocenters. The predicted octanol–water partition coefficient (Wildman–Crippen LogP) is 1.91. The lowest BCUT2D eigenvalue weighted by Crippen LogP contribution is -2.45. The second kappa shape index (κ2) is 4.52. The van der Waals surface area contributed by atoms with E-state index in [4.69, 9.17) is 11.1 Å². The zero-order chi connectivity index (χ0) is 13.3. The summed E-state index contributed by atoms with van der Waals surface area (Å²) >= 11 is 0. The Bertz CT molecular complexity index is 600. The summed E-state index contributed by atoms with van der Waals surface area (Å²) in [4.78, 5) is 16.7. The van der Waals surface area contributed by atoms with Gasteiger partial charge in [-0.05, 0) is 19.9 Å². The summed E-state index contributed by atoms with van der Waals surface area (Å²) in [5, 5.41) is 8.34. The molecule has 0 aliphatic heterocycles. The number of rotatable bonds is 2. The third-order valence-electron chi connectivity index (χ3n) is 2.81. The molecule has 18 heavy (non-hydrogen) atoms. The zero-order valence-corrected chi connectivity index (χ0v) is 10.4. The maximum absolute atomic E-state index is 12.4. The first kappa shape index (κ1) is 12.2. The summed E-state index contributed by atoms with van der Waals surface area (Å²) < 4.78 is 0. The van der Waals surface area contributed by atoms with E-state index in [1.807, 2.05) is 38.1 Å². The fourth-order valence-corrected chi connectivity index (χ4v) is 2.00. The summed E-state index contributed by atoms with van der Waals surface area (Å²) in [6.45, 7) is 3.66. The Morgan fingerprint density at radius 2 is 2.06 bits per heavy atom. The van der Waals surface area contributed by atoms with Crippen molar-refractivity contribution in [3.05, 3.63) is 36.0 Å². The summed E-state index contributed by atoms with van der Waals surface area (Å²) in [6.07, 6.45) is 1.66. The molecule has 0 radical (unpaired) electrons. The molecule has 0 atom stereocenters. The van der Waals surface area contributed by atoms with E-state index in [-0.39, 0.29) is 17.9 Å². The molecular formula is C13H16N4O. The zero-order valence-electron chi connectivity index (χ0n) is 10.4. The van der Waals surface area contributed by atoms with Crippen LogP contribution in [0.3, 0.4) is 0 Å². The first-order valence-corrected chi connectivity index (χ1v) is 5.76. The number of nitrogens with one attached hydrogen (secondary N) is 2. The van der Waals surface area contributed by atoms with Crippen molar-refractivity contribution in [3.63, 3.8) is 0 Å². The number of para-hydroxylation sites is 1. The number of hydrogen-bond donors (Lipinski definition) is 3. The van der Waals surface area contributed by atoms with E-state index in [9.17, 15) is 4.79 Å². The quantitative estimate of drug-likeness (QED) is 0.556. The number of carbonyl (C=O) groups is 1. The average molecular weight is 244 g/mol. The van der Waals surface area contributed by atoms with Crippen LogP contribution in [0.25, 0.3) is 10.9 Å². The van der Waals surface area contributed by atoms with Gasteiger partial charge in [0.05, 0.1) is 5.56 Å². The van der Waals surface area contributed by atoms with E-state index < -0.39 is 0 Å². The van der Waals surface area contributed by atoms with Crippen molar-refractivity contribution < 1.29 is 4.79 Å². The van der Waals surface area contributed by atoms with E-state index in [1.54, 1.807) is 6.20 Å². The normalized spacial score (nSPS) is 10.8. The number of nitrogens with zero attached hydrogens (tertiary/aromatic N) is 1. The molecule has 5 heteroatoms. The Labute approximate surface area is 105 Å². The second-order valence-corrected chi connectivity index (χ2v) is 4.40. The van der Waals surface area contributed by atoms with Crippen LogP contribution in [0.5, 0.6) is 0 Å². The number of hydrogen-bond acceptors (Lipinski definition) is 2. The second-order valence-electron chi connectivity index (χ2n) is 4.40. The highest BCUT2D eigenvalue weighted by Crippen LogP contribution is 2.20. The van der Waals surface area contributed by atoms with Crippen LogP contribution >= 0.6 is 0 Å².